The number of hydrogen-bond donors (Lipinski definition) is 2. The van der Waals surface area contributed by atoms with Gasteiger partial charge in [0.2, 0.25) is 5.91 Å². The highest BCUT2D eigenvalue weighted by atomic mass is 35.5. The molecule has 0 spiro atoms. The molecule has 5 nitrogen and oxygen atoms in total. The van der Waals surface area contributed by atoms with Gasteiger partial charge in [-0.05, 0) is 17.7 Å². The van der Waals surface area contributed by atoms with Gasteiger partial charge in [-0.25, -0.2) is 0 Å². The number of amides is 1. The number of rotatable bonds is 7. The van der Waals surface area contributed by atoms with Gasteiger partial charge in [-0.1, -0.05) is 23.7 Å². The maximum absolute atomic E-state index is 11.6. The molecule has 0 saturated carbocycles. The number of methoxy groups -OCH3 is 2. The van der Waals surface area contributed by atoms with E-state index in [2.05, 4.69) is 5.32 Å². The molecule has 0 aromatic heterocycles. The van der Waals surface area contributed by atoms with Crippen LogP contribution in [0.25, 0.3) is 0 Å². The van der Waals surface area contributed by atoms with E-state index >= 15 is 0 Å². The van der Waals surface area contributed by atoms with Gasteiger partial charge in [0, 0.05) is 25.8 Å². The fourth-order valence-electron chi connectivity index (χ4n) is 1.59. The van der Waals surface area contributed by atoms with E-state index in [1.54, 1.807) is 19.2 Å². The number of nitrogens with two attached hydrogens (primary N) is 1. The summed E-state index contributed by atoms with van der Waals surface area (Å²) in [5.41, 5.74) is 6.56. The molecule has 0 aliphatic heterocycles. The Hall–Kier alpha value is -1.14. The van der Waals surface area contributed by atoms with Crippen LogP contribution >= 0.6 is 11.6 Å². The molecule has 1 rings (SSSR count). The van der Waals surface area contributed by atoms with Crippen molar-refractivity contribution < 1.29 is 14.3 Å². The van der Waals surface area contributed by atoms with Crippen LogP contribution in [-0.2, 0) is 14.3 Å². The molecule has 0 aliphatic rings. The molecule has 106 valence electrons. The van der Waals surface area contributed by atoms with Gasteiger partial charge in [0.25, 0.3) is 0 Å². The summed E-state index contributed by atoms with van der Waals surface area (Å²) in [7, 11) is 3.08. The Morgan fingerprint density at radius 2 is 2.00 bits per heavy atom. The Morgan fingerprint density at radius 1 is 1.37 bits per heavy atom. The number of nitrogens with one attached hydrogen (secondary N) is 1. The smallest absolute Gasteiger partial charge is 0.239 e. The van der Waals surface area contributed by atoms with Crippen molar-refractivity contribution in [2.45, 2.75) is 12.1 Å². The summed E-state index contributed by atoms with van der Waals surface area (Å²) in [4.78, 5) is 11.6. The third kappa shape index (κ3) is 5.16. The lowest BCUT2D eigenvalue weighted by molar-refractivity contribution is -0.124. The fraction of sp³-hybridized carbons (Fsp3) is 0.462. The Balaban J connectivity index is 2.53. The van der Waals surface area contributed by atoms with Crippen molar-refractivity contribution in [3.63, 3.8) is 0 Å². The standard InChI is InChI=1S/C13H19ClN2O3/c1-18-8-11(15)13(17)16-7-12(19-2)9-3-5-10(14)6-4-9/h3-6,11-12H,7-8,15H2,1-2H3,(H,16,17). The minimum Gasteiger partial charge on any atom is -0.383 e. The molecule has 3 N–H and O–H groups in total. The van der Waals surface area contributed by atoms with E-state index in [-0.39, 0.29) is 18.6 Å². The number of benzene rings is 1. The molecule has 0 fully saturated rings. The van der Waals surface area contributed by atoms with Crippen LogP contribution in [0.3, 0.4) is 0 Å². The van der Waals surface area contributed by atoms with Gasteiger partial charge < -0.3 is 20.5 Å². The molecule has 2 atom stereocenters. The zero-order chi connectivity index (χ0) is 14.3. The topological polar surface area (TPSA) is 73.6 Å². The molecule has 0 aliphatic carbocycles. The van der Waals surface area contributed by atoms with Crippen molar-refractivity contribution >= 4 is 17.5 Å². The van der Waals surface area contributed by atoms with Crippen LogP contribution in [0, 0.1) is 0 Å². The summed E-state index contributed by atoms with van der Waals surface area (Å²) in [6, 6.07) is 6.60. The maximum atomic E-state index is 11.6. The molecular weight excluding hydrogens is 268 g/mol. The Morgan fingerprint density at radius 3 is 2.53 bits per heavy atom. The summed E-state index contributed by atoms with van der Waals surface area (Å²) >= 11 is 5.82. The predicted octanol–water partition coefficient (Wildman–Crippen LogP) is 1.12. The minimum absolute atomic E-state index is 0.185. The Kier molecular flexibility index (Phi) is 6.80. The van der Waals surface area contributed by atoms with E-state index < -0.39 is 6.04 Å². The maximum Gasteiger partial charge on any atom is 0.239 e. The summed E-state index contributed by atoms with van der Waals surface area (Å²) in [5.74, 6) is -0.266. The van der Waals surface area contributed by atoms with Crippen molar-refractivity contribution in [2.75, 3.05) is 27.4 Å². The fourth-order valence-corrected chi connectivity index (χ4v) is 1.72. The molecule has 0 radical (unpaired) electrons. The third-order valence-corrected chi connectivity index (χ3v) is 2.92. The lowest BCUT2D eigenvalue weighted by atomic mass is 10.1. The zero-order valence-electron chi connectivity index (χ0n) is 11.1. The minimum atomic E-state index is -0.673. The quantitative estimate of drug-likeness (QED) is 0.788. The monoisotopic (exact) mass is 286 g/mol. The van der Waals surface area contributed by atoms with E-state index in [0.29, 0.717) is 11.6 Å². The first-order valence-electron chi connectivity index (χ1n) is 5.89. The number of carbonyl (C=O) groups is 1. The van der Waals surface area contributed by atoms with Crippen molar-refractivity contribution in [3.8, 4) is 0 Å². The van der Waals surface area contributed by atoms with Crippen LogP contribution < -0.4 is 11.1 Å². The van der Waals surface area contributed by atoms with E-state index in [1.807, 2.05) is 12.1 Å². The van der Waals surface area contributed by atoms with Crippen LogP contribution in [0.2, 0.25) is 5.02 Å². The number of hydrogen-bond acceptors (Lipinski definition) is 4. The van der Waals surface area contributed by atoms with E-state index in [4.69, 9.17) is 26.8 Å². The van der Waals surface area contributed by atoms with Crippen molar-refractivity contribution in [1.29, 1.82) is 0 Å². The first-order chi connectivity index (χ1) is 9.08. The third-order valence-electron chi connectivity index (χ3n) is 2.67. The molecule has 6 heteroatoms. The highest BCUT2D eigenvalue weighted by Crippen LogP contribution is 2.18. The number of halogens is 1. The molecule has 2 unspecified atom stereocenters. The summed E-state index contributed by atoms with van der Waals surface area (Å²) < 4.78 is 10.2. The van der Waals surface area contributed by atoms with E-state index in [1.165, 1.54) is 7.11 Å². The molecular formula is C13H19ClN2O3. The SMILES string of the molecule is COCC(N)C(=O)NCC(OC)c1ccc(Cl)cc1. The highest BCUT2D eigenvalue weighted by Gasteiger charge is 2.16. The zero-order valence-corrected chi connectivity index (χ0v) is 11.8. The van der Waals surface area contributed by atoms with Crippen molar-refractivity contribution in [3.05, 3.63) is 34.9 Å². The van der Waals surface area contributed by atoms with Gasteiger partial charge in [0.05, 0.1) is 12.7 Å². The lowest BCUT2D eigenvalue weighted by Crippen LogP contribution is -2.44. The molecule has 1 aromatic rings. The van der Waals surface area contributed by atoms with Gasteiger partial charge in [-0.3, -0.25) is 4.79 Å². The molecule has 0 saturated heterocycles. The molecule has 0 heterocycles. The summed E-state index contributed by atoms with van der Waals surface area (Å²) in [6.07, 6.45) is -0.240. The van der Waals surface area contributed by atoms with E-state index in [9.17, 15) is 4.79 Å². The second kappa shape index (κ2) is 8.12. The highest BCUT2D eigenvalue weighted by molar-refractivity contribution is 6.30. The van der Waals surface area contributed by atoms with Gasteiger partial charge >= 0.3 is 0 Å². The Bertz CT molecular complexity index is 397. The summed E-state index contributed by atoms with van der Waals surface area (Å²) in [6.45, 7) is 0.527. The molecule has 1 amide bonds. The lowest BCUT2D eigenvalue weighted by Gasteiger charge is -2.18. The predicted molar refractivity (Wildman–Crippen MR) is 74.1 cm³/mol. The second-order valence-electron chi connectivity index (χ2n) is 4.08. The van der Waals surface area contributed by atoms with E-state index in [0.717, 1.165) is 5.56 Å². The normalized spacial score (nSPS) is 13.9. The van der Waals surface area contributed by atoms with Crippen LogP contribution in [0.4, 0.5) is 0 Å². The largest absolute Gasteiger partial charge is 0.383 e. The number of carbonyl (C=O) groups excluding carboxylic acids is 1. The van der Waals surface area contributed by atoms with Crippen LogP contribution in [0.1, 0.15) is 11.7 Å². The van der Waals surface area contributed by atoms with Gasteiger partial charge in [-0.15, -0.1) is 0 Å². The van der Waals surface area contributed by atoms with Crippen molar-refractivity contribution in [1.82, 2.24) is 5.32 Å². The molecule has 0 bridgehead atoms. The Labute approximate surface area is 118 Å². The van der Waals surface area contributed by atoms with Gasteiger partial charge in [0.1, 0.15) is 6.04 Å². The van der Waals surface area contributed by atoms with Crippen LogP contribution in [0.15, 0.2) is 24.3 Å². The van der Waals surface area contributed by atoms with Crippen LogP contribution in [0.5, 0.6) is 0 Å². The van der Waals surface area contributed by atoms with Crippen LogP contribution in [-0.4, -0.2) is 39.3 Å². The van der Waals surface area contributed by atoms with Crippen molar-refractivity contribution in [2.24, 2.45) is 5.73 Å². The average Bonchev–Trinajstić information content (AvgIpc) is 2.41. The molecule has 1 aromatic carbocycles. The first-order valence-corrected chi connectivity index (χ1v) is 6.26. The number of ether oxygens (including phenoxy) is 2. The van der Waals surface area contributed by atoms with Gasteiger partial charge in [0.15, 0.2) is 0 Å². The molecule has 19 heavy (non-hydrogen) atoms. The summed E-state index contributed by atoms with van der Waals surface area (Å²) in [5, 5.41) is 3.39. The second-order valence-corrected chi connectivity index (χ2v) is 4.52. The average molecular weight is 287 g/mol. The first kappa shape index (κ1) is 15.9. The van der Waals surface area contributed by atoms with Gasteiger partial charge in [-0.2, -0.15) is 0 Å².